The minimum Gasteiger partial charge on any atom is -0.496 e. The van der Waals surface area contributed by atoms with Crippen LogP contribution in [0, 0.1) is 0 Å². The van der Waals surface area contributed by atoms with Crippen LogP contribution >= 0.6 is 0 Å². The molecule has 122 valence electrons. The van der Waals surface area contributed by atoms with Crippen LogP contribution in [-0.2, 0) is 11.3 Å². The molecule has 0 saturated heterocycles. The molecular formula is C16H24N2O4. The molecule has 2 rings (SSSR count). The third-order valence-corrected chi connectivity index (χ3v) is 4.02. The normalized spacial score (nSPS) is 18.6. The fourth-order valence-corrected chi connectivity index (χ4v) is 2.91. The van der Waals surface area contributed by atoms with Crippen molar-refractivity contribution in [2.75, 3.05) is 20.8 Å². The molecule has 0 aromatic heterocycles. The van der Waals surface area contributed by atoms with Gasteiger partial charge >= 0.3 is 0 Å². The maximum absolute atomic E-state index is 12.4. The van der Waals surface area contributed by atoms with Crippen LogP contribution in [0.2, 0.25) is 0 Å². The van der Waals surface area contributed by atoms with E-state index in [-0.39, 0.29) is 12.5 Å². The molecule has 2 atom stereocenters. The fraction of sp³-hybridized carbons (Fsp3) is 0.562. The van der Waals surface area contributed by atoms with Gasteiger partial charge in [-0.15, -0.1) is 0 Å². The standard InChI is InChI=1S/C16H24N2O4/c1-4-5-11(17)16(20)18-8-10-13(21-2)6-7-14(22-3)15(10)12(19)9-18/h6-7,11-12,19H,4-5,8-9,17H2,1-3H3. The summed E-state index contributed by atoms with van der Waals surface area (Å²) in [5.41, 5.74) is 7.39. The lowest BCUT2D eigenvalue weighted by Crippen LogP contribution is -2.47. The first-order chi connectivity index (χ1) is 10.5. The topological polar surface area (TPSA) is 85.0 Å². The van der Waals surface area contributed by atoms with Crippen molar-refractivity contribution < 1.29 is 19.4 Å². The number of ether oxygens (including phenoxy) is 2. The van der Waals surface area contributed by atoms with Gasteiger partial charge in [0.2, 0.25) is 5.91 Å². The van der Waals surface area contributed by atoms with Crippen molar-refractivity contribution in [3.8, 4) is 11.5 Å². The Bertz CT molecular complexity index is 547. The Kier molecular flexibility index (Phi) is 5.26. The third-order valence-electron chi connectivity index (χ3n) is 4.02. The number of amides is 1. The van der Waals surface area contributed by atoms with Crippen molar-refractivity contribution in [3.63, 3.8) is 0 Å². The molecule has 6 nitrogen and oxygen atoms in total. The summed E-state index contributed by atoms with van der Waals surface area (Å²) in [6, 6.07) is 3.02. The van der Waals surface area contributed by atoms with E-state index in [9.17, 15) is 9.90 Å². The number of β-amino-alcohol motifs (C(OH)–C–C–N with tert-alkyl or cyclic N) is 1. The van der Waals surface area contributed by atoms with Crippen LogP contribution in [0.1, 0.15) is 37.0 Å². The number of nitrogens with two attached hydrogens (primary N) is 1. The van der Waals surface area contributed by atoms with E-state index in [1.54, 1.807) is 31.3 Å². The molecule has 1 aromatic carbocycles. The summed E-state index contributed by atoms with van der Waals surface area (Å²) in [5.74, 6) is 1.10. The molecule has 3 N–H and O–H groups in total. The Morgan fingerprint density at radius 1 is 1.41 bits per heavy atom. The van der Waals surface area contributed by atoms with E-state index in [1.165, 1.54) is 0 Å². The van der Waals surface area contributed by atoms with E-state index in [4.69, 9.17) is 15.2 Å². The second-order valence-electron chi connectivity index (χ2n) is 5.49. The molecule has 2 unspecified atom stereocenters. The zero-order valence-corrected chi connectivity index (χ0v) is 13.3. The van der Waals surface area contributed by atoms with E-state index in [1.807, 2.05) is 6.92 Å². The van der Waals surface area contributed by atoms with Gasteiger partial charge in [-0.2, -0.15) is 0 Å². The Morgan fingerprint density at radius 2 is 2.05 bits per heavy atom. The minimum atomic E-state index is -0.813. The molecule has 0 aliphatic carbocycles. The molecule has 0 spiro atoms. The number of hydrogen-bond donors (Lipinski definition) is 2. The summed E-state index contributed by atoms with van der Waals surface area (Å²) in [6.07, 6.45) is 0.663. The molecule has 0 radical (unpaired) electrons. The van der Waals surface area contributed by atoms with Crippen molar-refractivity contribution >= 4 is 5.91 Å². The predicted molar refractivity (Wildman–Crippen MR) is 82.8 cm³/mol. The highest BCUT2D eigenvalue weighted by Crippen LogP contribution is 2.39. The van der Waals surface area contributed by atoms with Gasteiger partial charge in [0.1, 0.15) is 17.6 Å². The molecule has 1 aliphatic heterocycles. The van der Waals surface area contributed by atoms with E-state index < -0.39 is 12.1 Å². The minimum absolute atomic E-state index is 0.142. The SMILES string of the molecule is CCCC(N)C(=O)N1Cc2c(OC)ccc(OC)c2C(O)C1. The summed E-state index contributed by atoms with van der Waals surface area (Å²) in [4.78, 5) is 14.0. The lowest BCUT2D eigenvalue weighted by atomic mass is 9.94. The van der Waals surface area contributed by atoms with Gasteiger partial charge in [-0.1, -0.05) is 13.3 Å². The van der Waals surface area contributed by atoms with E-state index in [0.717, 1.165) is 12.0 Å². The number of aliphatic hydroxyl groups excluding tert-OH is 1. The number of nitrogens with zero attached hydrogens (tertiary/aromatic N) is 1. The van der Waals surface area contributed by atoms with Gasteiger partial charge < -0.3 is 25.2 Å². The first-order valence-corrected chi connectivity index (χ1v) is 7.49. The van der Waals surface area contributed by atoms with Gasteiger partial charge in [-0.25, -0.2) is 0 Å². The van der Waals surface area contributed by atoms with Crippen LogP contribution in [0.5, 0.6) is 11.5 Å². The van der Waals surface area contributed by atoms with Gasteiger partial charge in [-0.3, -0.25) is 4.79 Å². The highest BCUT2D eigenvalue weighted by molar-refractivity contribution is 5.82. The lowest BCUT2D eigenvalue weighted by Gasteiger charge is -2.35. The van der Waals surface area contributed by atoms with Gasteiger partial charge in [-0.05, 0) is 18.6 Å². The number of hydrogen-bond acceptors (Lipinski definition) is 5. The first-order valence-electron chi connectivity index (χ1n) is 7.49. The highest BCUT2D eigenvalue weighted by atomic mass is 16.5. The van der Waals surface area contributed by atoms with E-state index in [2.05, 4.69) is 0 Å². The number of carbonyl (C=O) groups excluding carboxylic acids is 1. The van der Waals surface area contributed by atoms with Crippen molar-refractivity contribution in [1.29, 1.82) is 0 Å². The maximum Gasteiger partial charge on any atom is 0.239 e. The second-order valence-corrected chi connectivity index (χ2v) is 5.49. The van der Waals surface area contributed by atoms with Crippen LogP contribution in [0.15, 0.2) is 12.1 Å². The van der Waals surface area contributed by atoms with Crippen LogP contribution in [-0.4, -0.2) is 42.7 Å². The van der Waals surface area contributed by atoms with Crippen LogP contribution in [0.4, 0.5) is 0 Å². The molecule has 0 bridgehead atoms. The number of aliphatic hydroxyl groups is 1. The molecule has 22 heavy (non-hydrogen) atoms. The highest BCUT2D eigenvalue weighted by Gasteiger charge is 2.33. The monoisotopic (exact) mass is 308 g/mol. The Morgan fingerprint density at radius 3 is 2.64 bits per heavy atom. The molecule has 1 amide bonds. The summed E-state index contributed by atoms with van der Waals surface area (Å²) in [7, 11) is 3.13. The second kappa shape index (κ2) is 6.98. The number of benzene rings is 1. The number of carbonyl (C=O) groups is 1. The Hall–Kier alpha value is -1.79. The number of rotatable bonds is 5. The van der Waals surface area contributed by atoms with Crippen molar-refractivity contribution in [3.05, 3.63) is 23.3 Å². The van der Waals surface area contributed by atoms with Crippen LogP contribution < -0.4 is 15.2 Å². The fourth-order valence-electron chi connectivity index (χ4n) is 2.91. The molecule has 1 aliphatic rings. The average Bonchev–Trinajstić information content (AvgIpc) is 2.53. The van der Waals surface area contributed by atoms with Gasteiger partial charge in [0.05, 0.1) is 26.8 Å². The van der Waals surface area contributed by atoms with Gasteiger partial charge in [0.15, 0.2) is 0 Å². The average molecular weight is 308 g/mol. The molecule has 1 aromatic rings. The van der Waals surface area contributed by atoms with Gasteiger partial charge in [0, 0.05) is 17.7 Å². The molecular weight excluding hydrogens is 284 g/mol. The lowest BCUT2D eigenvalue weighted by molar-refractivity contribution is -0.135. The Balaban J connectivity index is 2.34. The number of methoxy groups -OCH3 is 2. The maximum atomic E-state index is 12.4. The summed E-state index contributed by atoms with van der Waals surface area (Å²) >= 11 is 0. The van der Waals surface area contributed by atoms with Gasteiger partial charge in [0.25, 0.3) is 0 Å². The molecule has 0 saturated carbocycles. The summed E-state index contributed by atoms with van der Waals surface area (Å²) < 4.78 is 10.7. The quantitative estimate of drug-likeness (QED) is 0.854. The van der Waals surface area contributed by atoms with E-state index >= 15 is 0 Å². The molecule has 0 fully saturated rings. The van der Waals surface area contributed by atoms with Crippen molar-refractivity contribution in [2.24, 2.45) is 5.73 Å². The molecule has 6 heteroatoms. The van der Waals surface area contributed by atoms with Crippen LogP contribution in [0.3, 0.4) is 0 Å². The summed E-state index contributed by atoms with van der Waals surface area (Å²) in [6.45, 7) is 2.57. The Labute approximate surface area is 130 Å². The van der Waals surface area contributed by atoms with E-state index in [0.29, 0.717) is 30.0 Å². The molecule has 1 heterocycles. The van der Waals surface area contributed by atoms with Crippen molar-refractivity contribution in [2.45, 2.75) is 38.5 Å². The van der Waals surface area contributed by atoms with Crippen molar-refractivity contribution in [1.82, 2.24) is 4.90 Å². The van der Waals surface area contributed by atoms with Crippen LogP contribution in [0.25, 0.3) is 0 Å². The third kappa shape index (κ3) is 3.03. The number of fused-ring (bicyclic) bond motifs is 1. The smallest absolute Gasteiger partial charge is 0.239 e. The predicted octanol–water partition coefficient (Wildman–Crippen LogP) is 1.21. The summed E-state index contributed by atoms with van der Waals surface area (Å²) in [5, 5.41) is 10.5. The first kappa shape index (κ1) is 16.6. The zero-order chi connectivity index (χ0) is 16.3. The zero-order valence-electron chi connectivity index (χ0n) is 13.3. The largest absolute Gasteiger partial charge is 0.496 e.